The lowest BCUT2D eigenvalue weighted by Gasteiger charge is -2.25. The highest BCUT2D eigenvalue weighted by atomic mass is 16.3. The quantitative estimate of drug-likeness (QED) is 0.708. The Kier molecular flexibility index (Phi) is 4.11. The van der Waals surface area contributed by atoms with Crippen LogP contribution < -0.4 is 0 Å². The van der Waals surface area contributed by atoms with E-state index in [1.54, 1.807) is 0 Å². The predicted octanol–water partition coefficient (Wildman–Crippen LogP) is 2.69. The van der Waals surface area contributed by atoms with Gasteiger partial charge in [-0.3, -0.25) is 4.79 Å². The number of hydrogen-bond donors (Lipinski definition) is 1. The minimum atomic E-state index is -0.985. The van der Waals surface area contributed by atoms with Crippen LogP contribution in [0.2, 0.25) is 0 Å². The van der Waals surface area contributed by atoms with Gasteiger partial charge in [0.05, 0.1) is 0 Å². The number of rotatable bonds is 3. The molecule has 1 N–H and O–H groups in total. The average molecular weight is 198 g/mol. The van der Waals surface area contributed by atoms with Gasteiger partial charge in [-0.25, -0.2) is 0 Å². The summed E-state index contributed by atoms with van der Waals surface area (Å²) < 4.78 is 0. The van der Waals surface area contributed by atoms with Crippen LogP contribution in [-0.2, 0) is 4.79 Å². The van der Waals surface area contributed by atoms with Gasteiger partial charge in [0, 0.05) is 6.42 Å². The predicted molar refractivity (Wildman–Crippen MR) is 57.1 cm³/mol. The van der Waals surface area contributed by atoms with Gasteiger partial charge in [-0.1, -0.05) is 39.5 Å². The monoisotopic (exact) mass is 198 g/mol. The third-order valence-corrected chi connectivity index (χ3v) is 3.04. The highest BCUT2D eigenvalue weighted by Crippen LogP contribution is 2.29. The highest BCUT2D eigenvalue weighted by molar-refractivity contribution is 5.87. The molecule has 14 heavy (non-hydrogen) atoms. The van der Waals surface area contributed by atoms with Gasteiger partial charge in [0.15, 0.2) is 5.78 Å². The summed E-state index contributed by atoms with van der Waals surface area (Å²) >= 11 is 0. The summed E-state index contributed by atoms with van der Waals surface area (Å²) in [6.45, 7) is 4.05. The minimum Gasteiger partial charge on any atom is -0.382 e. The molecule has 1 rings (SSSR count). The van der Waals surface area contributed by atoms with Crippen molar-refractivity contribution in [1.82, 2.24) is 0 Å². The SMILES string of the molecule is CC(C)CC(=O)C1(O)CCCCCC1. The van der Waals surface area contributed by atoms with E-state index in [0.29, 0.717) is 25.2 Å². The second kappa shape index (κ2) is 4.92. The minimum absolute atomic E-state index is 0.0643. The summed E-state index contributed by atoms with van der Waals surface area (Å²) in [7, 11) is 0. The molecule has 0 aromatic carbocycles. The van der Waals surface area contributed by atoms with Crippen LogP contribution in [0.3, 0.4) is 0 Å². The van der Waals surface area contributed by atoms with E-state index in [2.05, 4.69) is 0 Å². The van der Waals surface area contributed by atoms with Crippen LogP contribution in [0.4, 0.5) is 0 Å². The molecular formula is C12H22O2. The van der Waals surface area contributed by atoms with Crippen LogP contribution in [-0.4, -0.2) is 16.5 Å². The molecule has 1 saturated carbocycles. The molecule has 2 heteroatoms. The molecule has 2 nitrogen and oxygen atoms in total. The van der Waals surface area contributed by atoms with Crippen LogP contribution >= 0.6 is 0 Å². The molecular weight excluding hydrogens is 176 g/mol. The number of ketones is 1. The number of carbonyl (C=O) groups excluding carboxylic acids is 1. The fourth-order valence-corrected chi connectivity index (χ4v) is 2.15. The molecule has 82 valence electrons. The van der Waals surface area contributed by atoms with E-state index in [1.165, 1.54) is 0 Å². The molecule has 0 heterocycles. The Balaban J connectivity index is 2.56. The Hall–Kier alpha value is -0.370. The zero-order valence-corrected chi connectivity index (χ0v) is 9.38. The summed E-state index contributed by atoms with van der Waals surface area (Å²) in [6.07, 6.45) is 6.21. The summed E-state index contributed by atoms with van der Waals surface area (Å²) in [5.41, 5.74) is -0.985. The maximum absolute atomic E-state index is 11.8. The van der Waals surface area contributed by atoms with E-state index in [9.17, 15) is 9.90 Å². The summed E-state index contributed by atoms with van der Waals surface area (Å²) in [6, 6.07) is 0. The second-order valence-corrected chi connectivity index (χ2v) is 4.97. The average Bonchev–Trinajstić information content (AvgIpc) is 2.30. The Bertz CT molecular complexity index is 188. The molecule has 1 fully saturated rings. The van der Waals surface area contributed by atoms with Gasteiger partial charge >= 0.3 is 0 Å². The lowest BCUT2D eigenvalue weighted by molar-refractivity contribution is -0.139. The van der Waals surface area contributed by atoms with Gasteiger partial charge in [-0.2, -0.15) is 0 Å². The van der Waals surface area contributed by atoms with Gasteiger partial charge in [0.25, 0.3) is 0 Å². The summed E-state index contributed by atoms with van der Waals surface area (Å²) in [5.74, 6) is 0.421. The first kappa shape index (κ1) is 11.7. The number of Topliss-reactive ketones (excluding diaryl/α,β-unsaturated/α-hetero) is 1. The van der Waals surface area contributed by atoms with E-state index in [1.807, 2.05) is 13.8 Å². The number of carbonyl (C=O) groups is 1. The van der Waals surface area contributed by atoms with Crippen molar-refractivity contribution in [2.24, 2.45) is 5.92 Å². The van der Waals surface area contributed by atoms with E-state index in [-0.39, 0.29) is 5.78 Å². The molecule has 0 amide bonds. The van der Waals surface area contributed by atoms with Crippen molar-refractivity contribution < 1.29 is 9.90 Å². The summed E-state index contributed by atoms with van der Waals surface area (Å²) in [4.78, 5) is 11.8. The molecule has 0 unspecified atom stereocenters. The van der Waals surface area contributed by atoms with Crippen LogP contribution in [0.15, 0.2) is 0 Å². The van der Waals surface area contributed by atoms with Crippen molar-refractivity contribution in [3.63, 3.8) is 0 Å². The van der Waals surface area contributed by atoms with E-state index < -0.39 is 5.60 Å². The molecule has 0 radical (unpaired) electrons. The van der Waals surface area contributed by atoms with Crippen LogP contribution in [0.5, 0.6) is 0 Å². The van der Waals surface area contributed by atoms with E-state index in [4.69, 9.17) is 0 Å². The number of hydrogen-bond acceptors (Lipinski definition) is 2. The van der Waals surface area contributed by atoms with Gasteiger partial charge in [-0.15, -0.1) is 0 Å². The Labute approximate surface area is 86.7 Å². The number of aliphatic hydroxyl groups is 1. The van der Waals surface area contributed by atoms with Gasteiger partial charge in [-0.05, 0) is 18.8 Å². The fraction of sp³-hybridized carbons (Fsp3) is 0.917. The molecule has 0 bridgehead atoms. The third-order valence-electron chi connectivity index (χ3n) is 3.04. The smallest absolute Gasteiger partial charge is 0.164 e. The normalized spacial score (nSPS) is 22.0. The van der Waals surface area contributed by atoms with Crippen molar-refractivity contribution in [2.45, 2.75) is 64.4 Å². The Morgan fingerprint density at radius 1 is 1.21 bits per heavy atom. The van der Waals surface area contributed by atoms with E-state index >= 15 is 0 Å². The lowest BCUT2D eigenvalue weighted by atomic mass is 9.86. The lowest BCUT2D eigenvalue weighted by Crippen LogP contribution is -2.38. The van der Waals surface area contributed by atoms with Crippen LogP contribution in [0.25, 0.3) is 0 Å². The Morgan fingerprint density at radius 2 is 1.71 bits per heavy atom. The highest BCUT2D eigenvalue weighted by Gasteiger charge is 2.35. The van der Waals surface area contributed by atoms with Gasteiger partial charge in [0.2, 0.25) is 0 Å². The second-order valence-electron chi connectivity index (χ2n) is 4.97. The standard InChI is InChI=1S/C12H22O2/c1-10(2)9-11(13)12(14)7-5-3-4-6-8-12/h10,14H,3-9H2,1-2H3. The van der Waals surface area contributed by atoms with Crippen LogP contribution in [0, 0.1) is 5.92 Å². The van der Waals surface area contributed by atoms with Gasteiger partial charge in [0.1, 0.15) is 5.60 Å². The third kappa shape index (κ3) is 3.09. The van der Waals surface area contributed by atoms with Crippen LogP contribution in [0.1, 0.15) is 58.8 Å². The maximum Gasteiger partial charge on any atom is 0.164 e. The van der Waals surface area contributed by atoms with Crippen molar-refractivity contribution >= 4 is 5.78 Å². The van der Waals surface area contributed by atoms with Crippen molar-refractivity contribution in [3.8, 4) is 0 Å². The zero-order chi connectivity index (χ0) is 10.6. The van der Waals surface area contributed by atoms with E-state index in [0.717, 1.165) is 25.7 Å². The largest absolute Gasteiger partial charge is 0.382 e. The molecule has 0 saturated heterocycles. The molecule has 1 aliphatic rings. The first-order valence-corrected chi connectivity index (χ1v) is 5.80. The molecule has 1 aliphatic carbocycles. The molecule has 0 aromatic rings. The molecule has 0 spiro atoms. The first-order valence-electron chi connectivity index (χ1n) is 5.80. The maximum atomic E-state index is 11.8. The van der Waals surface area contributed by atoms with Crippen molar-refractivity contribution in [3.05, 3.63) is 0 Å². The first-order chi connectivity index (χ1) is 6.54. The fourth-order valence-electron chi connectivity index (χ4n) is 2.15. The molecule has 0 atom stereocenters. The zero-order valence-electron chi connectivity index (χ0n) is 9.38. The summed E-state index contributed by atoms with van der Waals surface area (Å²) in [5, 5.41) is 10.2. The van der Waals surface area contributed by atoms with Gasteiger partial charge < -0.3 is 5.11 Å². The topological polar surface area (TPSA) is 37.3 Å². The van der Waals surface area contributed by atoms with Crippen molar-refractivity contribution in [2.75, 3.05) is 0 Å². The molecule has 0 aliphatic heterocycles. The van der Waals surface area contributed by atoms with Crippen molar-refractivity contribution in [1.29, 1.82) is 0 Å². The Morgan fingerprint density at radius 3 is 2.14 bits per heavy atom. The molecule has 0 aromatic heterocycles.